The topological polar surface area (TPSA) is 45.8 Å². The maximum atomic E-state index is 12.7. The molecule has 0 spiro atoms. The summed E-state index contributed by atoms with van der Waals surface area (Å²) in [6, 6.07) is 14.7. The second-order valence-electron chi connectivity index (χ2n) is 6.73. The minimum absolute atomic E-state index is 0.0161. The minimum atomic E-state index is 0.0161. The van der Waals surface area contributed by atoms with E-state index in [4.69, 9.17) is 4.98 Å². The lowest BCUT2D eigenvalue weighted by atomic mass is 9.97. The maximum Gasteiger partial charge on any atom is 0.260 e. The Morgan fingerprint density at radius 3 is 2.73 bits per heavy atom. The number of fused-ring (bicyclic) bond motifs is 3. The van der Waals surface area contributed by atoms with E-state index in [-0.39, 0.29) is 5.56 Å². The molecule has 0 fully saturated rings. The van der Waals surface area contributed by atoms with E-state index >= 15 is 0 Å². The van der Waals surface area contributed by atoms with Gasteiger partial charge in [-0.15, -0.1) is 22.7 Å². The van der Waals surface area contributed by atoms with Gasteiger partial charge in [-0.25, -0.2) is 4.98 Å². The molecular weight excluding hydrogens is 360 g/mol. The molecule has 3 heterocycles. The van der Waals surface area contributed by atoms with Crippen molar-refractivity contribution in [2.24, 2.45) is 0 Å². The van der Waals surface area contributed by atoms with Crippen molar-refractivity contribution in [3.8, 4) is 10.7 Å². The molecule has 0 saturated heterocycles. The van der Waals surface area contributed by atoms with Gasteiger partial charge in [0.05, 0.1) is 10.3 Å². The van der Waals surface area contributed by atoms with Crippen LogP contribution in [0.1, 0.15) is 33.7 Å². The molecule has 5 heteroatoms. The van der Waals surface area contributed by atoms with Crippen LogP contribution in [-0.4, -0.2) is 9.97 Å². The molecule has 1 aliphatic rings. The third-order valence-electron chi connectivity index (χ3n) is 4.94. The van der Waals surface area contributed by atoms with Crippen LogP contribution in [0.4, 0.5) is 0 Å². The average Bonchev–Trinajstić information content (AvgIpc) is 3.27. The highest BCUT2D eigenvalue weighted by atomic mass is 32.1. The smallest absolute Gasteiger partial charge is 0.260 e. The normalized spacial score (nSPS) is 13.8. The summed E-state index contributed by atoms with van der Waals surface area (Å²) in [4.78, 5) is 25.1. The second-order valence-corrected chi connectivity index (χ2v) is 8.99. The average molecular weight is 379 g/mol. The van der Waals surface area contributed by atoms with Gasteiger partial charge in [-0.05, 0) is 48.9 Å². The van der Waals surface area contributed by atoms with Crippen molar-refractivity contribution in [3.63, 3.8) is 0 Å². The number of thiophene rings is 2. The number of hydrogen-bond acceptors (Lipinski definition) is 4. The summed E-state index contributed by atoms with van der Waals surface area (Å²) in [6.07, 6.45) is 5.41. The van der Waals surface area contributed by atoms with E-state index < -0.39 is 0 Å². The molecule has 1 aliphatic carbocycles. The molecule has 0 atom stereocenters. The standard InChI is InChI=1S/C21H18N2OS2/c24-20-18-15-8-4-5-9-16(15)26-21(18)23-19(22-20)17-11-10-14(25-17)12-13-6-2-1-3-7-13/h1-3,6-7,10-11H,4-5,8-9,12H2,(H,22,23,24). The molecule has 1 aromatic carbocycles. The fourth-order valence-electron chi connectivity index (χ4n) is 3.68. The fourth-order valence-corrected chi connectivity index (χ4v) is 5.93. The monoisotopic (exact) mass is 378 g/mol. The van der Waals surface area contributed by atoms with E-state index in [0.717, 1.165) is 34.4 Å². The Kier molecular flexibility index (Phi) is 3.98. The first-order chi connectivity index (χ1) is 12.8. The van der Waals surface area contributed by atoms with Crippen LogP contribution in [-0.2, 0) is 19.3 Å². The zero-order chi connectivity index (χ0) is 17.5. The lowest BCUT2D eigenvalue weighted by Gasteiger charge is -2.09. The van der Waals surface area contributed by atoms with Crippen LogP contribution < -0.4 is 5.56 Å². The lowest BCUT2D eigenvalue weighted by Crippen LogP contribution is -2.10. The summed E-state index contributed by atoms with van der Waals surface area (Å²) in [5.74, 6) is 0.699. The van der Waals surface area contributed by atoms with E-state index in [2.05, 4.69) is 41.4 Å². The molecular formula is C21H18N2OS2. The van der Waals surface area contributed by atoms with Crippen molar-refractivity contribution in [1.82, 2.24) is 9.97 Å². The maximum absolute atomic E-state index is 12.7. The SMILES string of the molecule is O=c1[nH]c(-c2ccc(Cc3ccccc3)s2)nc2sc3c(c12)CCCC3. The fraction of sp³-hybridized carbons (Fsp3) is 0.238. The summed E-state index contributed by atoms with van der Waals surface area (Å²) in [7, 11) is 0. The molecule has 130 valence electrons. The van der Waals surface area contributed by atoms with Gasteiger partial charge in [0, 0.05) is 16.2 Å². The van der Waals surface area contributed by atoms with Gasteiger partial charge in [0.25, 0.3) is 5.56 Å². The molecule has 5 rings (SSSR count). The van der Waals surface area contributed by atoms with Gasteiger partial charge in [0.15, 0.2) is 5.82 Å². The number of aromatic amines is 1. The highest BCUT2D eigenvalue weighted by molar-refractivity contribution is 7.19. The van der Waals surface area contributed by atoms with Crippen LogP contribution in [0.25, 0.3) is 20.9 Å². The zero-order valence-corrected chi connectivity index (χ0v) is 15.9. The van der Waals surface area contributed by atoms with Crippen LogP contribution in [0, 0.1) is 0 Å². The molecule has 0 radical (unpaired) electrons. The van der Waals surface area contributed by atoms with E-state index in [0.29, 0.717) is 5.82 Å². The molecule has 0 aliphatic heterocycles. The Labute approximate surface area is 159 Å². The van der Waals surface area contributed by atoms with Gasteiger partial charge in [-0.1, -0.05) is 30.3 Å². The number of nitrogens with zero attached hydrogens (tertiary/aromatic N) is 1. The predicted molar refractivity (Wildman–Crippen MR) is 109 cm³/mol. The number of hydrogen-bond donors (Lipinski definition) is 1. The van der Waals surface area contributed by atoms with Crippen LogP contribution >= 0.6 is 22.7 Å². The largest absolute Gasteiger partial charge is 0.305 e. The van der Waals surface area contributed by atoms with Gasteiger partial charge in [-0.3, -0.25) is 4.79 Å². The molecule has 0 bridgehead atoms. The number of aromatic nitrogens is 2. The van der Waals surface area contributed by atoms with Gasteiger partial charge in [0.1, 0.15) is 4.83 Å². The van der Waals surface area contributed by atoms with Gasteiger partial charge < -0.3 is 4.98 Å². The van der Waals surface area contributed by atoms with Crippen LogP contribution in [0.2, 0.25) is 0 Å². The van der Waals surface area contributed by atoms with Gasteiger partial charge in [-0.2, -0.15) is 0 Å². The first-order valence-corrected chi connectivity index (χ1v) is 10.6. The van der Waals surface area contributed by atoms with Crippen molar-refractivity contribution in [2.75, 3.05) is 0 Å². The van der Waals surface area contributed by atoms with Gasteiger partial charge >= 0.3 is 0 Å². The van der Waals surface area contributed by atoms with Crippen molar-refractivity contribution in [2.45, 2.75) is 32.1 Å². The van der Waals surface area contributed by atoms with E-state index in [1.165, 1.54) is 33.7 Å². The molecule has 26 heavy (non-hydrogen) atoms. The van der Waals surface area contributed by atoms with Crippen LogP contribution in [0.15, 0.2) is 47.3 Å². The number of rotatable bonds is 3. The summed E-state index contributed by atoms with van der Waals surface area (Å²) in [6.45, 7) is 0. The Balaban J connectivity index is 1.52. The van der Waals surface area contributed by atoms with Crippen molar-refractivity contribution in [3.05, 3.63) is 73.7 Å². The number of nitrogens with one attached hydrogen (secondary N) is 1. The first kappa shape index (κ1) is 16.0. The number of benzene rings is 1. The number of aryl methyl sites for hydroxylation is 2. The van der Waals surface area contributed by atoms with Crippen molar-refractivity contribution >= 4 is 32.9 Å². The third kappa shape index (κ3) is 2.81. The Hall–Kier alpha value is -2.24. The molecule has 4 aromatic rings. The molecule has 3 nitrogen and oxygen atoms in total. The third-order valence-corrected chi connectivity index (χ3v) is 7.22. The highest BCUT2D eigenvalue weighted by Crippen LogP contribution is 2.35. The Bertz CT molecular complexity index is 1140. The highest BCUT2D eigenvalue weighted by Gasteiger charge is 2.20. The molecule has 0 saturated carbocycles. The summed E-state index contributed by atoms with van der Waals surface area (Å²) in [5.41, 5.74) is 2.55. The second kappa shape index (κ2) is 6.49. The summed E-state index contributed by atoms with van der Waals surface area (Å²) < 4.78 is 0. The molecule has 3 aromatic heterocycles. The predicted octanol–water partition coefficient (Wildman–Crippen LogP) is 5.18. The lowest BCUT2D eigenvalue weighted by molar-refractivity contribution is 0.700. The van der Waals surface area contributed by atoms with Crippen molar-refractivity contribution in [1.29, 1.82) is 0 Å². The number of H-pyrrole nitrogens is 1. The van der Waals surface area contributed by atoms with Crippen LogP contribution in [0.3, 0.4) is 0 Å². The first-order valence-electron chi connectivity index (χ1n) is 8.95. The minimum Gasteiger partial charge on any atom is -0.305 e. The summed E-state index contributed by atoms with van der Waals surface area (Å²) >= 11 is 3.41. The Morgan fingerprint density at radius 1 is 1.00 bits per heavy atom. The molecule has 0 unspecified atom stereocenters. The van der Waals surface area contributed by atoms with E-state index in [1.54, 1.807) is 22.7 Å². The van der Waals surface area contributed by atoms with Gasteiger partial charge in [0.2, 0.25) is 0 Å². The summed E-state index contributed by atoms with van der Waals surface area (Å²) in [5, 5.41) is 0.828. The van der Waals surface area contributed by atoms with Crippen molar-refractivity contribution < 1.29 is 0 Å². The van der Waals surface area contributed by atoms with Crippen LogP contribution in [0.5, 0.6) is 0 Å². The molecule has 1 N–H and O–H groups in total. The van der Waals surface area contributed by atoms with E-state index in [1.807, 2.05) is 6.07 Å². The Morgan fingerprint density at radius 2 is 1.85 bits per heavy atom. The quantitative estimate of drug-likeness (QED) is 0.534. The van der Waals surface area contributed by atoms with E-state index in [9.17, 15) is 4.79 Å². The molecule has 0 amide bonds. The zero-order valence-electron chi connectivity index (χ0n) is 14.2.